The summed E-state index contributed by atoms with van der Waals surface area (Å²) in [7, 11) is 0. The van der Waals surface area contributed by atoms with Crippen LogP contribution < -0.4 is 4.73 Å². The van der Waals surface area contributed by atoms with Crippen LogP contribution in [-0.2, 0) is 6.18 Å². The van der Waals surface area contributed by atoms with Crippen molar-refractivity contribution in [2.75, 3.05) is 0 Å². The molecule has 0 atom stereocenters. The second kappa shape index (κ2) is 6.12. The quantitative estimate of drug-likeness (QED) is 0.230. The van der Waals surface area contributed by atoms with Gasteiger partial charge in [-0.05, 0) is 12.1 Å². The molecule has 140 valence electrons. The highest BCUT2D eigenvalue weighted by atomic mass is 19.4. The first-order chi connectivity index (χ1) is 12.6. The lowest BCUT2D eigenvalue weighted by atomic mass is 10.1. The van der Waals surface area contributed by atoms with Crippen molar-refractivity contribution < 1.29 is 37.6 Å². The van der Waals surface area contributed by atoms with E-state index in [9.17, 15) is 38.7 Å². The lowest BCUT2D eigenvalue weighted by Gasteiger charge is -2.07. The number of nitrogens with zero attached hydrogens (tertiary/aromatic N) is 4. The van der Waals surface area contributed by atoms with Crippen LogP contribution in [-0.4, -0.2) is 25.3 Å². The van der Waals surface area contributed by atoms with E-state index in [0.717, 1.165) is 18.2 Å². The number of phenolic OH excluding ortho intramolecular Hbond substituents is 2. The lowest BCUT2D eigenvalue weighted by Crippen LogP contribution is -2.36. The second-order valence-corrected chi connectivity index (χ2v) is 5.17. The molecule has 0 aliphatic carbocycles. The molecular weight excluding hydrogens is 377 g/mol. The molecule has 3 aromatic rings. The SMILES string of the molecule is O=[N+]([O-])c1cc(-c2noc(-c3ccc(C(F)(F)F)[n+]([O-])c3)n2)cc(O)c1O. The van der Waals surface area contributed by atoms with E-state index in [4.69, 9.17) is 4.52 Å². The van der Waals surface area contributed by atoms with Crippen LogP contribution in [0.15, 0.2) is 35.0 Å². The minimum Gasteiger partial charge on any atom is -0.618 e. The van der Waals surface area contributed by atoms with Gasteiger partial charge >= 0.3 is 11.9 Å². The first kappa shape index (κ1) is 17.9. The van der Waals surface area contributed by atoms with Crippen LogP contribution in [0.1, 0.15) is 5.69 Å². The van der Waals surface area contributed by atoms with E-state index in [1.54, 1.807) is 0 Å². The maximum Gasteiger partial charge on any atom is 0.478 e. The highest BCUT2D eigenvalue weighted by Gasteiger charge is 2.39. The minimum absolute atomic E-state index is 0.103. The van der Waals surface area contributed by atoms with Crippen molar-refractivity contribution in [3.8, 4) is 34.3 Å². The third kappa shape index (κ3) is 3.29. The van der Waals surface area contributed by atoms with Crippen molar-refractivity contribution in [1.29, 1.82) is 0 Å². The van der Waals surface area contributed by atoms with Crippen LogP contribution >= 0.6 is 0 Å². The minimum atomic E-state index is -4.84. The van der Waals surface area contributed by atoms with E-state index in [1.165, 1.54) is 0 Å². The average Bonchev–Trinajstić information content (AvgIpc) is 3.05. The molecule has 0 radical (unpaired) electrons. The number of rotatable bonds is 3. The van der Waals surface area contributed by atoms with Crippen molar-refractivity contribution >= 4 is 5.69 Å². The van der Waals surface area contributed by atoms with Crippen LogP contribution in [0.5, 0.6) is 11.5 Å². The van der Waals surface area contributed by atoms with Crippen LogP contribution in [0.2, 0.25) is 0 Å². The third-order valence-corrected chi connectivity index (χ3v) is 3.40. The van der Waals surface area contributed by atoms with Crippen LogP contribution in [0.4, 0.5) is 18.9 Å². The number of nitro groups is 1. The summed E-state index contributed by atoms with van der Waals surface area (Å²) in [6.45, 7) is 0. The van der Waals surface area contributed by atoms with E-state index in [1.807, 2.05) is 0 Å². The van der Waals surface area contributed by atoms with E-state index >= 15 is 0 Å². The van der Waals surface area contributed by atoms with Crippen LogP contribution in [0, 0.1) is 15.3 Å². The van der Waals surface area contributed by atoms with Crippen molar-refractivity contribution in [3.05, 3.63) is 51.5 Å². The number of alkyl halides is 3. The summed E-state index contributed by atoms with van der Waals surface area (Å²) < 4.78 is 42.3. The van der Waals surface area contributed by atoms with Gasteiger partial charge in [-0.25, -0.2) is 0 Å². The summed E-state index contributed by atoms with van der Waals surface area (Å²) in [5, 5.41) is 44.9. The lowest BCUT2D eigenvalue weighted by molar-refractivity contribution is -0.628. The Morgan fingerprint density at radius 3 is 2.48 bits per heavy atom. The summed E-state index contributed by atoms with van der Waals surface area (Å²) in [5.74, 6) is -2.36. The van der Waals surface area contributed by atoms with Gasteiger partial charge in [0.2, 0.25) is 11.6 Å². The molecule has 2 heterocycles. The highest BCUT2D eigenvalue weighted by Crippen LogP contribution is 2.39. The Kier molecular flexibility index (Phi) is 4.06. The number of benzene rings is 1. The van der Waals surface area contributed by atoms with Gasteiger partial charge in [0, 0.05) is 17.7 Å². The second-order valence-electron chi connectivity index (χ2n) is 5.17. The van der Waals surface area contributed by atoms with E-state index < -0.39 is 38.7 Å². The molecule has 3 rings (SSSR count). The summed E-state index contributed by atoms with van der Waals surface area (Å²) in [6, 6.07) is 3.26. The standard InChI is InChI=1S/C14H7F3N4O6/c15-14(16,17)10-2-1-6(5-20(10)24)13-18-12(19-27-13)7-3-8(21(25)26)11(23)9(22)4-7/h1-5,22-23H. The van der Waals surface area contributed by atoms with Gasteiger partial charge < -0.3 is 19.9 Å². The molecule has 2 N–H and O–H groups in total. The van der Waals surface area contributed by atoms with Gasteiger partial charge in [0.25, 0.3) is 11.6 Å². The van der Waals surface area contributed by atoms with Gasteiger partial charge in [0.15, 0.2) is 11.9 Å². The number of hydrogen-bond donors (Lipinski definition) is 2. The third-order valence-electron chi connectivity index (χ3n) is 3.40. The van der Waals surface area contributed by atoms with Crippen molar-refractivity contribution in [2.24, 2.45) is 0 Å². The predicted molar refractivity (Wildman–Crippen MR) is 79.1 cm³/mol. The Labute approximate surface area is 146 Å². The summed E-state index contributed by atoms with van der Waals surface area (Å²) in [6.07, 6.45) is -4.26. The van der Waals surface area contributed by atoms with Gasteiger partial charge in [-0.1, -0.05) is 5.16 Å². The number of aromatic hydroxyl groups is 2. The smallest absolute Gasteiger partial charge is 0.478 e. The fourth-order valence-corrected chi connectivity index (χ4v) is 2.16. The fraction of sp³-hybridized carbons (Fsp3) is 0.0714. The van der Waals surface area contributed by atoms with Crippen molar-refractivity contribution in [1.82, 2.24) is 10.1 Å². The highest BCUT2D eigenvalue weighted by molar-refractivity contribution is 5.69. The molecule has 0 amide bonds. The number of aromatic nitrogens is 3. The molecule has 27 heavy (non-hydrogen) atoms. The van der Waals surface area contributed by atoms with E-state index in [2.05, 4.69) is 10.1 Å². The zero-order valence-corrected chi connectivity index (χ0v) is 12.8. The molecule has 0 saturated carbocycles. The molecule has 1 aromatic carbocycles. The van der Waals surface area contributed by atoms with E-state index in [-0.39, 0.29) is 22.8 Å². The van der Waals surface area contributed by atoms with Gasteiger partial charge in [0.05, 0.1) is 4.92 Å². The predicted octanol–water partition coefficient (Wildman–Crippen LogP) is 2.38. The number of halogens is 3. The van der Waals surface area contributed by atoms with Gasteiger partial charge in [-0.15, -0.1) is 0 Å². The molecule has 0 unspecified atom stereocenters. The molecule has 0 aliphatic rings. The number of phenols is 2. The Balaban J connectivity index is 2.01. The fourth-order valence-electron chi connectivity index (χ4n) is 2.16. The molecule has 0 fully saturated rings. The number of nitro benzene ring substituents is 1. The molecule has 0 aliphatic heterocycles. The molecule has 0 saturated heterocycles. The molecule has 13 heteroatoms. The maximum absolute atomic E-state index is 12.6. The first-order valence-electron chi connectivity index (χ1n) is 6.93. The molecule has 2 aromatic heterocycles. The first-order valence-corrected chi connectivity index (χ1v) is 6.93. The Morgan fingerprint density at radius 1 is 1.19 bits per heavy atom. The number of pyridine rings is 1. The van der Waals surface area contributed by atoms with Gasteiger partial charge in [-0.2, -0.15) is 22.9 Å². The van der Waals surface area contributed by atoms with E-state index in [0.29, 0.717) is 12.3 Å². The summed E-state index contributed by atoms with van der Waals surface area (Å²) in [5.41, 5.74) is -2.49. The zero-order chi connectivity index (χ0) is 19.9. The Hall–Kier alpha value is -3.90. The molecular formula is C14H7F3N4O6. The average molecular weight is 384 g/mol. The topological polar surface area (TPSA) is 149 Å². The molecule has 0 bridgehead atoms. The van der Waals surface area contributed by atoms with Gasteiger partial charge in [0.1, 0.15) is 5.56 Å². The summed E-state index contributed by atoms with van der Waals surface area (Å²) in [4.78, 5) is 13.8. The Morgan fingerprint density at radius 2 is 1.89 bits per heavy atom. The van der Waals surface area contributed by atoms with Crippen molar-refractivity contribution in [2.45, 2.75) is 6.18 Å². The molecule has 0 spiro atoms. The normalized spacial score (nSPS) is 11.5. The molecule has 10 nitrogen and oxygen atoms in total. The maximum atomic E-state index is 12.6. The monoisotopic (exact) mass is 384 g/mol. The summed E-state index contributed by atoms with van der Waals surface area (Å²) >= 11 is 0. The van der Waals surface area contributed by atoms with Crippen LogP contribution in [0.3, 0.4) is 0 Å². The number of hydrogen-bond acceptors (Lipinski definition) is 8. The van der Waals surface area contributed by atoms with Crippen LogP contribution in [0.25, 0.3) is 22.8 Å². The largest absolute Gasteiger partial charge is 0.618 e. The zero-order valence-electron chi connectivity index (χ0n) is 12.8. The Bertz CT molecular complexity index is 1050. The van der Waals surface area contributed by atoms with Crippen molar-refractivity contribution in [3.63, 3.8) is 0 Å². The van der Waals surface area contributed by atoms with Gasteiger partial charge in [-0.3, -0.25) is 10.1 Å².